The van der Waals surface area contributed by atoms with Gasteiger partial charge in [0.25, 0.3) is 0 Å². The van der Waals surface area contributed by atoms with Gasteiger partial charge in [0.2, 0.25) is 0 Å². The third-order valence-electron chi connectivity index (χ3n) is 3.27. The highest BCUT2D eigenvalue weighted by Crippen LogP contribution is 2.28. The van der Waals surface area contributed by atoms with E-state index in [1.807, 2.05) is 18.2 Å². The number of methoxy groups -OCH3 is 1. The Labute approximate surface area is 122 Å². The number of hydrogen-bond acceptors (Lipinski definition) is 2. The largest absolute Gasteiger partial charge is 0.496 e. The maximum atomic E-state index is 5.23. The zero-order valence-corrected chi connectivity index (χ0v) is 13.0. The molecule has 2 aromatic rings. The molecule has 0 aliphatic carbocycles. The first-order chi connectivity index (χ1) is 9.11. The van der Waals surface area contributed by atoms with Crippen LogP contribution in [-0.4, -0.2) is 7.11 Å². The van der Waals surface area contributed by atoms with E-state index >= 15 is 0 Å². The quantitative estimate of drug-likeness (QED) is 0.883. The molecule has 1 N–H and O–H groups in total. The fourth-order valence-corrected chi connectivity index (χ4v) is 2.64. The maximum absolute atomic E-state index is 5.23. The molecule has 2 aromatic carbocycles. The molecule has 0 aromatic heterocycles. The SMILES string of the molecule is COc1ccc(NCc2c(C)cccc2C)cc1Br. The summed E-state index contributed by atoms with van der Waals surface area (Å²) in [5.74, 6) is 0.845. The number of hydrogen-bond donors (Lipinski definition) is 1. The van der Waals surface area contributed by atoms with Crippen LogP contribution in [0, 0.1) is 13.8 Å². The van der Waals surface area contributed by atoms with E-state index in [0.29, 0.717) is 0 Å². The van der Waals surface area contributed by atoms with Crippen LogP contribution < -0.4 is 10.1 Å². The smallest absolute Gasteiger partial charge is 0.133 e. The first-order valence-electron chi connectivity index (χ1n) is 6.24. The Bertz CT molecular complexity index is 561. The fraction of sp³-hybridized carbons (Fsp3) is 0.250. The van der Waals surface area contributed by atoms with Gasteiger partial charge in [0, 0.05) is 12.2 Å². The summed E-state index contributed by atoms with van der Waals surface area (Å²) in [6.07, 6.45) is 0. The Morgan fingerprint density at radius 2 is 1.79 bits per heavy atom. The van der Waals surface area contributed by atoms with E-state index in [2.05, 4.69) is 53.3 Å². The van der Waals surface area contributed by atoms with Gasteiger partial charge < -0.3 is 10.1 Å². The highest BCUT2D eigenvalue weighted by atomic mass is 79.9. The second-order valence-corrected chi connectivity index (χ2v) is 5.43. The van der Waals surface area contributed by atoms with Crippen LogP contribution in [0.25, 0.3) is 0 Å². The van der Waals surface area contributed by atoms with Crippen LogP contribution >= 0.6 is 15.9 Å². The predicted octanol–water partition coefficient (Wildman–Crippen LogP) is 4.69. The summed E-state index contributed by atoms with van der Waals surface area (Å²) < 4.78 is 6.19. The van der Waals surface area contributed by atoms with Gasteiger partial charge in [0.1, 0.15) is 5.75 Å². The van der Waals surface area contributed by atoms with Gasteiger partial charge in [0.05, 0.1) is 11.6 Å². The van der Waals surface area contributed by atoms with E-state index in [1.165, 1.54) is 16.7 Å². The van der Waals surface area contributed by atoms with Gasteiger partial charge in [-0.3, -0.25) is 0 Å². The standard InChI is InChI=1S/C16H18BrNO/c1-11-5-4-6-12(2)14(11)10-18-13-7-8-16(19-3)15(17)9-13/h4-9,18H,10H2,1-3H3. The minimum atomic E-state index is 0.831. The van der Waals surface area contributed by atoms with E-state index in [9.17, 15) is 0 Å². The van der Waals surface area contributed by atoms with E-state index in [1.54, 1.807) is 7.11 Å². The second kappa shape index (κ2) is 6.11. The molecule has 0 bridgehead atoms. The molecule has 0 saturated heterocycles. The molecule has 0 spiro atoms. The molecule has 0 fully saturated rings. The van der Waals surface area contributed by atoms with Gasteiger partial charge in [-0.1, -0.05) is 18.2 Å². The van der Waals surface area contributed by atoms with Crippen molar-refractivity contribution >= 4 is 21.6 Å². The first-order valence-corrected chi connectivity index (χ1v) is 7.03. The summed E-state index contributed by atoms with van der Waals surface area (Å²) in [7, 11) is 1.67. The number of ether oxygens (including phenoxy) is 1. The number of benzene rings is 2. The van der Waals surface area contributed by atoms with E-state index in [0.717, 1.165) is 22.5 Å². The molecular weight excluding hydrogens is 302 g/mol. The topological polar surface area (TPSA) is 21.3 Å². The van der Waals surface area contributed by atoms with Crippen molar-refractivity contribution in [1.29, 1.82) is 0 Å². The molecule has 3 heteroatoms. The summed E-state index contributed by atoms with van der Waals surface area (Å²) >= 11 is 3.50. The van der Waals surface area contributed by atoms with E-state index in [4.69, 9.17) is 4.74 Å². The van der Waals surface area contributed by atoms with Crippen molar-refractivity contribution in [1.82, 2.24) is 0 Å². The summed E-state index contributed by atoms with van der Waals surface area (Å²) in [5, 5.41) is 3.45. The summed E-state index contributed by atoms with van der Waals surface area (Å²) in [4.78, 5) is 0. The van der Waals surface area contributed by atoms with Crippen LogP contribution in [0.4, 0.5) is 5.69 Å². The minimum absolute atomic E-state index is 0.831. The summed E-state index contributed by atoms with van der Waals surface area (Å²) in [6.45, 7) is 5.12. The molecule has 0 aliphatic rings. The first kappa shape index (κ1) is 13.9. The number of aryl methyl sites for hydroxylation is 2. The van der Waals surface area contributed by atoms with Gasteiger partial charge in [0.15, 0.2) is 0 Å². The minimum Gasteiger partial charge on any atom is -0.496 e. The Morgan fingerprint density at radius 3 is 2.37 bits per heavy atom. The zero-order valence-electron chi connectivity index (χ0n) is 11.5. The van der Waals surface area contributed by atoms with Gasteiger partial charge in [-0.2, -0.15) is 0 Å². The normalized spacial score (nSPS) is 10.3. The lowest BCUT2D eigenvalue weighted by atomic mass is 10.0. The van der Waals surface area contributed by atoms with Crippen molar-refractivity contribution < 1.29 is 4.74 Å². The predicted molar refractivity (Wildman–Crippen MR) is 83.9 cm³/mol. The molecule has 0 amide bonds. The van der Waals surface area contributed by atoms with Crippen LogP contribution in [-0.2, 0) is 6.54 Å². The lowest BCUT2D eigenvalue weighted by molar-refractivity contribution is 0.412. The highest BCUT2D eigenvalue weighted by Gasteiger charge is 2.04. The second-order valence-electron chi connectivity index (χ2n) is 4.57. The van der Waals surface area contributed by atoms with Gasteiger partial charge in [-0.05, 0) is 64.7 Å². The van der Waals surface area contributed by atoms with Crippen LogP contribution in [0.1, 0.15) is 16.7 Å². The third kappa shape index (κ3) is 3.29. The maximum Gasteiger partial charge on any atom is 0.133 e. The zero-order chi connectivity index (χ0) is 13.8. The lowest BCUT2D eigenvalue weighted by Gasteiger charge is -2.13. The number of nitrogens with one attached hydrogen (secondary N) is 1. The van der Waals surface area contributed by atoms with Crippen LogP contribution in [0.2, 0.25) is 0 Å². The molecule has 2 nitrogen and oxygen atoms in total. The molecule has 100 valence electrons. The molecule has 0 saturated carbocycles. The van der Waals surface area contributed by atoms with Gasteiger partial charge >= 0.3 is 0 Å². The van der Waals surface area contributed by atoms with Crippen molar-refractivity contribution in [3.63, 3.8) is 0 Å². The molecular formula is C16H18BrNO. The van der Waals surface area contributed by atoms with Crippen molar-refractivity contribution in [2.45, 2.75) is 20.4 Å². The van der Waals surface area contributed by atoms with Crippen molar-refractivity contribution in [2.75, 3.05) is 12.4 Å². The molecule has 0 radical (unpaired) electrons. The molecule has 0 atom stereocenters. The Morgan fingerprint density at radius 1 is 1.11 bits per heavy atom. The van der Waals surface area contributed by atoms with Crippen molar-refractivity contribution in [2.24, 2.45) is 0 Å². The average Bonchev–Trinajstić information content (AvgIpc) is 2.38. The van der Waals surface area contributed by atoms with Crippen LogP contribution in [0.5, 0.6) is 5.75 Å². The lowest BCUT2D eigenvalue weighted by Crippen LogP contribution is -2.03. The van der Waals surface area contributed by atoms with E-state index in [-0.39, 0.29) is 0 Å². The van der Waals surface area contributed by atoms with Crippen molar-refractivity contribution in [3.05, 3.63) is 57.6 Å². The molecule has 0 heterocycles. The Balaban J connectivity index is 2.13. The third-order valence-corrected chi connectivity index (χ3v) is 3.89. The summed E-state index contributed by atoms with van der Waals surface area (Å²) in [5.41, 5.74) is 5.07. The number of rotatable bonds is 4. The number of anilines is 1. The van der Waals surface area contributed by atoms with Gasteiger partial charge in [-0.15, -0.1) is 0 Å². The van der Waals surface area contributed by atoms with Crippen molar-refractivity contribution in [3.8, 4) is 5.75 Å². The average molecular weight is 320 g/mol. The molecule has 0 unspecified atom stereocenters. The summed E-state index contributed by atoms with van der Waals surface area (Å²) in [6, 6.07) is 12.4. The monoisotopic (exact) mass is 319 g/mol. The highest BCUT2D eigenvalue weighted by molar-refractivity contribution is 9.10. The molecule has 2 rings (SSSR count). The molecule has 0 aliphatic heterocycles. The van der Waals surface area contributed by atoms with Crippen LogP contribution in [0.15, 0.2) is 40.9 Å². The fourth-order valence-electron chi connectivity index (χ4n) is 2.09. The Hall–Kier alpha value is -1.48. The molecule has 19 heavy (non-hydrogen) atoms. The number of halogens is 1. The van der Waals surface area contributed by atoms with Crippen LogP contribution in [0.3, 0.4) is 0 Å². The Kier molecular flexibility index (Phi) is 4.48. The van der Waals surface area contributed by atoms with E-state index < -0.39 is 0 Å². The van der Waals surface area contributed by atoms with Gasteiger partial charge in [-0.25, -0.2) is 0 Å².